The molecule has 7 nitrogen and oxygen atoms in total. The summed E-state index contributed by atoms with van der Waals surface area (Å²) < 4.78 is 10.9. The minimum absolute atomic E-state index is 0.0415. The van der Waals surface area contributed by atoms with Gasteiger partial charge in [-0.05, 0) is 67.4 Å². The molecule has 0 atom stereocenters. The molecule has 0 heterocycles. The van der Waals surface area contributed by atoms with E-state index in [4.69, 9.17) is 21.7 Å². The predicted molar refractivity (Wildman–Crippen MR) is 115 cm³/mol. The molecule has 0 saturated heterocycles. The van der Waals surface area contributed by atoms with Gasteiger partial charge in [0.2, 0.25) is 0 Å². The average molecular weight is 416 g/mol. The standard InChI is InChI=1S/C21H25N3O4S/c1-4-16-7-9-17(10-8-16)27-13-20(26)23-24-21(29)22-19(25)12-28-18-11-14(2)5-6-15(18)3/h5-11H,4,12-13H2,1-3H3,(H,23,26)(H2,22,24,25,29). The first-order valence-electron chi connectivity index (χ1n) is 9.18. The SMILES string of the molecule is CCc1ccc(OCC(=O)NNC(=S)NC(=O)COc2cc(C)ccc2C)cc1. The summed E-state index contributed by atoms with van der Waals surface area (Å²) >= 11 is 4.98. The van der Waals surface area contributed by atoms with E-state index < -0.39 is 11.8 Å². The molecule has 2 rings (SSSR count). The molecule has 0 saturated carbocycles. The number of carbonyl (C=O) groups excluding carboxylic acids is 2. The molecule has 3 N–H and O–H groups in total. The van der Waals surface area contributed by atoms with Gasteiger partial charge in [0.15, 0.2) is 18.3 Å². The van der Waals surface area contributed by atoms with Crippen LogP contribution in [0.3, 0.4) is 0 Å². The third-order valence-corrected chi connectivity index (χ3v) is 4.18. The van der Waals surface area contributed by atoms with E-state index in [0.29, 0.717) is 11.5 Å². The van der Waals surface area contributed by atoms with Crippen molar-refractivity contribution in [1.29, 1.82) is 0 Å². The van der Waals surface area contributed by atoms with E-state index in [0.717, 1.165) is 17.5 Å². The van der Waals surface area contributed by atoms with Crippen molar-refractivity contribution in [2.75, 3.05) is 13.2 Å². The van der Waals surface area contributed by atoms with Crippen LogP contribution in [-0.2, 0) is 16.0 Å². The zero-order chi connectivity index (χ0) is 21.2. The van der Waals surface area contributed by atoms with Crippen molar-refractivity contribution >= 4 is 29.1 Å². The molecule has 0 aromatic heterocycles. The number of hydrogen-bond donors (Lipinski definition) is 3. The topological polar surface area (TPSA) is 88.7 Å². The Morgan fingerprint density at radius 3 is 2.31 bits per heavy atom. The van der Waals surface area contributed by atoms with Crippen molar-refractivity contribution in [3.8, 4) is 11.5 Å². The number of nitrogens with one attached hydrogen (secondary N) is 3. The number of benzene rings is 2. The molecule has 154 valence electrons. The molecule has 0 aliphatic heterocycles. The minimum Gasteiger partial charge on any atom is -0.484 e. The van der Waals surface area contributed by atoms with Crippen LogP contribution in [0.25, 0.3) is 0 Å². The summed E-state index contributed by atoms with van der Waals surface area (Å²) in [5.41, 5.74) is 7.97. The van der Waals surface area contributed by atoms with Crippen molar-refractivity contribution in [3.05, 3.63) is 59.2 Å². The van der Waals surface area contributed by atoms with Gasteiger partial charge in [-0.25, -0.2) is 0 Å². The summed E-state index contributed by atoms with van der Waals surface area (Å²) in [6.45, 7) is 5.51. The fourth-order valence-electron chi connectivity index (χ4n) is 2.33. The molecule has 0 radical (unpaired) electrons. The highest BCUT2D eigenvalue weighted by molar-refractivity contribution is 7.80. The van der Waals surface area contributed by atoms with Gasteiger partial charge >= 0.3 is 0 Å². The lowest BCUT2D eigenvalue weighted by atomic mass is 10.1. The van der Waals surface area contributed by atoms with Gasteiger partial charge in [-0.1, -0.05) is 31.2 Å². The monoisotopic (exact) mass is 415 g/mol. The number of thiocarbonyl (C=S) groups is 1. The van der Waals surface area contributed by atoms with Crippen LogP contribution in [0.15, 0.2) is 42.5 Å². The lowest BCUT2D eigenvalue weighted by molar-refractivity contribution is -0.124. The molecule has 0 spiro atoms. The summed E-state index contributed by atoms with van der Waals surface area (Å²) in [4.78, 5) is 23.7. The van der Waals surface area contributed by atoms with Crippen LogP contribution in [0.4, 0.5) is 0 Å². The molecular weight excluding hydrogens is 390 g/mol. The normalized spacial score (nSPS) is 10.0. The second-order valence-electron chi connectivity index (χ2n) is 6.39. The van der Waals surface area contributed by atoms with E-state index in [1.165, 1.54) is 5.56 Å². The largest absolute Gasteiger partial charge is 0.484 e. The highest BCUT2D eigenvalue weighted by Crippen LogP contribution is 2.18. The van der Waals surface area contributed by atoms with Gasteiger partial charge in [0.1, 0.15) is 11.5 Å². The first-order chi connectivity index (χ1) is 13.9. The molecule has 0 unspecified atom stereocenters. The Morgan fingerprint density at radius 2 is 1.62 bits per heavy atom. The van der Waals surface area contributed by atoms with Crippen LogP contribution >= 0.6 is 12.2 Å². The Morgan fingerprint density at radius 1 is 0.931 bits per heavy atom. The Kier molecular flexibility index (Phi) is 8.42. The van der Waals surface area contributed by atoms with Gasteiger partial charge < -0.3 is 9.47 Å². The van der Waals surface area contributed by atoms with Gasteiger partial charge in [-0.15, -0.1) is 0 Å². The first kappa shape index (κ1) is 22.2. The highest BCUT2D eigenvalue weighted by atomic mass is 32.1. The molecule has 2 aromatic carbocycles. The lowest BCUT2D eigenvalue weighted by Crippen LogP contribution is -2.50. The smallest absolute Gasteiger partial charge is 0.276 e. The highest BCUT2D eigenvalue weighted by Gasteiger charge is 2.09. The van der Waals surface area contributed by atoms with Crippen molar-refractivity contribution < 1.29 is 19.1 Å². The van der Waals surface area contributed by atoms with E-state index in [2.05, 4.69) is 23.1 Å². The van der Waals surface area contributed by atoms with Gasteiger partial charge in [-0.2, -0.15) is 0 Å². The van der Waals surface area contributed by atoms with E-state index in [9.17, 15) is 9.59 Å². The van der Waals surface area contributed by atoms with Gasteiger partial charge in [-0.3, -0.25) is 25.8 Å². The maximum absolute atomic E-state index is 11.9. The van der Waals surface area contributed by atoms with Crippen LogP contribution in [0.5, 0.6) is 11.5 Å². The van der Waals surface area contributed by atoms with E-state index >= 15 is 0 Å². The number of amides is 2. The number of carbonyl (C=O) groups is 2. The molecule has 2 aromatic rings. The molecule has 0 aliphatic carbocycles. The molecule has 29 heavy (non-hydrogen) atoms. The number of rotatable bonds is 7. The average Bonchev–Trinajstić information content (AvgIpc) is 2.71. The zero-order valence-corrected chi connectivity index (χ0v) is 17.5. The van der Waals surface area contributed by atoms with Crippen LogP contribution in [-0.4, -0.2) is 30.1 Å². The number of hydrazine groups is 1. The molecule has 8 heteroatoms. The summed E-state index contributed by atoms with van der Waals surface area (Å²) in [5.74, 6) is 0.353. The second kappa shape index (κ2) is 11.0. The van der Waals surface area contributed by atoms with Crippen molar-refractivity contribution in [3.63, 3.8) is 0 Å². The fraction of sp³-hybridized carbons (Fsp3) is 0.286. The second-order valence-corrected chi connectivity index (χ2v) is 6.80. The quantitative estimate of drug-likeness (QED) is 0.475. The zero-order valence-electron chi connectivity index (χ0n) is 16.7. The molecular formula is C21H25N3O4S. The van der Waals surface area contributed by atoms with E-state index in [1.807, 2.05) is 44.2 Å². The predicted octanol–water partition coefficient (Wildman–Crippen LogP) is 2.35. The Bertz CT molecular complexity index is 869. The Hall–Kier alpha value is -3.13. The van der Waals surface area contributed by atoms with Crippen LogP contribution in [0.2, 0.25) is 0 Å². The minimum atomic E-state index is -0.440. The third kappa shape index (κ3) is 7.79. The van der Waals surface area contributed by atoms with Crippen LogP contribution in [0, 0.1) is 13.8 Å². The first-order valence-corrected chi connectivity index (χ1v) is 9.58. The third-order valence-electron chi connectivity index (χ3n) is 3.97. The molecule has 2 amide bonds. The Balaban J connectivity index is 1.66. The summed E-state index contributed by atoms with van der Waals surface area (Å²) in [5, 5.41) is 2.39. The number of ether oxygens (including phenoxy) is 2. The van der Waals surface area contributed by atoms with Crippen molar-refractivity contribution in [2.45, 2.75) is 27.2 Å². The number of hydrogen-bond acceptors (Lipinski definition) is 5. The lowest BCUT2D eigenvalue weighted by Gasteiger charge is -2.13. The molecule has 0 bridgehead atoms. The van der Waals surface area contributed by atoms with Crippen LogP contribution < -0.4 is 25.6 Å². The van der Waals surface area contributed by atoms with Gasteiger partial charge in [0, 0.05) is 0 Å². The van der Waals surface area contributed by atoms with Gasteiger partial charge in [0.25, 0.3) is 11.8 Å². The maximum Gasteiger partial charge on any atom is 0.276 e. The number of aryl methyl sites for hydroxylation is 3. The molecule has 0 aliphatic rings. The van der Waals surface area contributed by atoms with Crippen molar-refractivity contribution in [1.82, 2.24) is 16.2 Å². The summed E-state index contributed by atoms with van der Waals surface area (Å²) in [6.07, 6.45) is 0.934. The van der Waals surface area contributed by atoms with E-state index in [1.54, 1.807) is 12.1 Å². The fourth-order valence-corrected chi connectivity index (χ4v) is 2.50. The molecule has 0 fully saturated rings. The Labute approximate surface area is 175 Å². The maximum atomic E-state index is 11.9. The van der Waals surface area contributed by atoms with Crippen LogP contribution in [0.1, 0.15) is 23.6 Å². The summed E-state index contributed by atoms with van der Waals surface area (Å²) in [6, 6.07) is 13.2. The van der Waals surface area contributed by atoms with Gasteiger partial charge in [0.05, 0.1) is 0 Å². The summed E-state index contributed by atoms with van der Waals surface area (Å²) in [7, 11) is 0. The van der Waals surface area contributed by atoms with E-state index in [-0.39, 0.29) is 18.3 Å². The van der Waals surface area contributed by atoms with Crippen molar-refractivity contribution in [2.24, 2.45) is 0 Å².